The van der Waals surface area contributed by atoms with E-state index in [1.807, 2.05) is 0 Å². The second-order valence-corrected chi connectivity index (χ2v) is 4.90. The van der Waals surface area contributed by atoms with Gasteiger partial charge in [0.15, 0.2) is 0 Å². The molecule has 1 aromatic heterocycles. The summed E-state index contributed by atoms with van der Waals surface area (Å²) in [5.74, 6) is -0.763. The number of carbonyl (C=O) groups excluding carboxylic acids is 1. The van der Waals surface area contributed by atoms with Crippen LogP contribution in [0, 0.1) is 0 Å². The second kappa shape index (κ2) is 5.76. The highest BCUT2D eigenvalue weighted by Crippen LogP contribution is 2.23. The number of benzene rings is 2. The number of phenolic OH excluding ortho intramolecular Hbond substituents is 3. The third-order valence-electron chi connectivity index (χ3n) is 3.19. The molecule has 3 rings (SSSR count). The van der Waals surface area contributed by atoms with Gasteiger partial charge in [-0.05, 0) is 36.4 Å². The number of ketones is 1. The molecule has 2 aromatic carbocycles. The third kappa shape index (κ3) is 3.11. The van der Waals surface area contributed by atoms with Gasteiger partial charge < -0.3 is 15.3 Å². The fourth-order valence-corrected chi connectivity index (χ4v) is 2.12. The number of carbonyl (C=O) groups is 1. The van der Waals surface area contributed by atoms with Crippen LogP contribution in [0.4, 0.5) is 0 Å². The van der Waals surface area contributed by atoms with Crippen molar-refractivity contribution in [3.05, 3.63) is 66.1 Å². The molecular formula is C17H12N2O4. The zero-order chi connectivity index (χ0) is 16.4. The molecule has 0 aliphatic heterocycles. The first-order valence-electron chi connectivity index (χ1n) is 6.72. The summed E-state index contributed by atoms with van der Waals surface area (Å²) in [6.07, 6.45) is 2.82. The summed E-state index contributed by atoms with van der Waals surface area (Å²) in [4.78, 5) is 20.7. The first-order chi connectivity index (χ1) is 11.0. The minimum absolute atomic E-state index is 0.0839. The molecule has 0 saturated heterocycles. The standard InChI is InChI=1S/C17H12N2O4/c20-12-3-1-10(2-4-12)15-8-18-9-16(19-15)17(23)11-5-13(21)7-14(22)6-11/h1-9,20-22H. The monoisotopic (exact) mass is 308 g/mol. The highest BCUT2D eigenvalue weighted by Gasteiger charge is 2.14. The number of hydrogen-bond donors (Lipinski definition) is 3. The first-order valence-corrected chi connectivity index (χ1v) is 6.72. The van der Waals surface area contributed by atoms with Gasteiger partial charge in [-0.1, -0.05) is 0 Å². The van der Waals surface area contributed by atoms with E-state index in [0.717, 1.165) is 6.07 Å². The Morgan fingerprint density at radius 2 is 1.48 bits per heavy atom. The second-order valence-electron chi connectivity index (χ2n) is 4.90. The highest BCUT2D eigenvalue weighted by atomic mass is 16.3. The molecule has 0 aliphatic carbocycles. The van der Waals surface area contributed by atoms with Crippen LogP contribution in [0.3, 0.4) is 0 Å². The van der Waals surface area contributed by atoms with Gasteiger partial charge in [0.05, 0.1) is 18.1 Å². The summed E-state index contributed by atoms with van der Waals surface area (Å²) < 4.78 is 0. The lowest BCUT2D eigenvalue weighted by Gasteiger charge is -2.05. The molecule has 3 aromatic rings. The van der Waals surface area contributed by atoms with Crippen molar-refractivity contribution in [2.75, 3.05) is 0 Å². The molecule has 114 valence electrons. The van der Waals surface area contributed by atoms with Gasteiger partial charge >= 0.3 is 0 Å². The number of nitrogens with zero attached hydrogens (tertiary/aromatic N) is 2. The largest absolute Gasteiger partial charge is 0.508 e. The molecule has 3 N–H and O–H groups in total. The van der Waals surface area contributed by atoms with Crippen molar-refractivity contribution in [3.8, 4) is 28.5 Å². The van der Waals surface area contributed by atoms with E-state index < -0.39 is 5.78 Å². The van der Waals surface area contributed by atoms with E-state index in [0.29, 0.717) is 11.3 Å². The quantitative estimate of drug-likeness (QED) is 0.642. The highest BCUT2D eigenvalue weighted by molar-refractivity contribution is 6.08. The molecule has 0 atom stereocenters. The van der Waals surface area contributed by atoms with E-state index in [2.05, 4.69) is 9.97 Å². The van der Waals surface area contributed by atoms with Crippen LogP contribution in [0.25, 0.3) is 11.3 Å². The van der Waals surface area contributed by atoms with Gasteiger partial charge in [0.25, 0.3) is 0 Å². The Balaban J connectivity index is 1.99. The molecule has 0 saturated carbocycles. The number of phenols is 3. The van der Waals surface area contributed by atoms with Crippen molar-refractivity contribution in [3.63, 3.8) is 0 Å². The maximum absolute atomic E-state index is 12.4. The lowest BCUT2D eigenvalue weighted by molar-refractivity contribution is 0.103. The van der Waals surface area contributed by atoms with E-state index in [1.165, 1.54) is 36.7 Å². The molecule has 6 heteroatoms. The topological polar surface area (TPSA) is 104 Å². The maximum Gasteiger partial charge on any atom is 0.213 e. The van der Waals surface area contributed by atoms with E-state index >= 15 is 0 Å². The van der Waals surface area contributed by atoms with Crippen molar-refractivity contribution in [2.45, 2.75) is 0 Å². The molecule has 0 spiro atoms. The average molecular weight is 308 g/mol. The van der Waals surface area contributed by atoms with Crippen molar-refractivity contribution in [1.29, 1.82) is 0 Å². The first kappa shape index (κ1) is 14.5. The van der Waals surface area contributed by atoms with E-state index in [4.69, 9.17) is 0 Å². The van der Waals surface area contributed by atoms with Gasteiger partial charge in [0.2, 0.25) is 5.78 Å². The van der Waals surface area contributed by atoms with Crippen molar-refractivity contribution in [1.82, 2.24) is 9.97 Å². The lowest BCUT2D eigenvalue weighted by Crippen LogP contribution is -2.05. The minimum Gasteiger partial charge on any atom is -0.508 e. The van der Waals surface area contributed by atoms with Crippen LogP contribution in [0.15, 0.2) is 54.9 Å². The fourth-order valence-electron chi connectivity index (χ4n) is 2.12. The predicted octanol–water partition coefficient (Wildman–Crippen LogP) is 2.49. The van der Waals surface area contributed by atoms with Crippen LogP contribution >= 0.6 is 0 Å². The zero-order valence-corrected chi connectivity index (χ0v) is 11.8. The Hall–Kier alpha value is -3.41. The van der Waals surface area contributed by atoms with Crippen molar-refractivity contribution >= 4 is 5.78 Å². The van der Waals surface area contributed by atoms with Gasteiger partial charge in [0, 0.05) is 17.2 Å². The predicted molar refractivity (Wildman–Crippen MR) is 82.3 cm³/mol. The molecule has 0 bridgehead atoms. The Morgan fingerprint density at radius 3 is 2.13 bits per heavy atom. The van der Waals surface area contributed by atoms with Gasteiger partial charge in [-0.2, -0.15) is 0 Å². The Kier molecular flexibility index (Phi) is 3.64. The molecule has 0 fully saturated rings. The molecule has 1 heterocycles. The van der Waals surface area contributed by atoms with E-state index in [1.54, 1.807) is 12.1 Å². The van der Waals surface area contributed by atoms with Crippen molar-refractivity contribution in [2.24, 2.45) is 0 Å². The van der Waals surface area contributed by atoms with Gasteiger partial charge in [-0.3, -0.25) is 9.78 Å². The minimum atomic E-state index is -0.468. The van der Waals surface area contributed by atoms with Crippen LogP contribution in [0.1, 0.15) is 16.1 Å². The van der Waals surface area contributed by atoms with E-state index in [9.17, 15) is 20.1 Å². The summed E-state index contributed by atoms with van der Waals surface area (Å²) in [5.41, 5.74) is 1.36. The average Bonchev–Trinajstić information content (AvgIpc) is 2.54. The van der Waals surface area contributed by atoms with Gasteiger partial charge in [-0.15, -0.1) is 0 Å². The normalized spacial score (nSPS) is 10.4. The Bertz CT molecular complexity index is 856. The molecular weight excluding hydrogens is 296 g/mol. The molecule has 0 amide bonds. The zero-order valence-electron chi connectivity index (χ0n) is 11.8. The fraction of sp³-hybridized carbons (Fsp3) is 0. The molecule has 6 nitrogen and oxygen atoms in total. The van der Waals surface area contributed by atoms with Gasteiger partial charge in [-0.25, -0.2) is 4.98 Å². The van der Waals surface area contributed by atoms with Crippen molar-refractivity contribution < 1.29 is 20.1 Å². The number of rotatable bonds is 3. The van der Waals surface area contributed by atoms with Crippen LogP contribution in [0.2, 0.25) is 0 Å². The Morgan fingerprint density at radius 1 is 0.826 bits per heavy atom. The summed E-state index contributed by atoms with van der Waals surface area (Å²) >= 11 is 0. The summed E-state index contributed by atoms with van der Waals surface area (Å²) in [6, 6.07) is 9.97. The lowest BCUT2D eigenvalue weighted by atomic mass is 10.1. The number of aromatic hydroxyl groups is 3. The van der Waals surface area contributed by atoms with Crippen LogP contribution in [0.5, 0.6) is 17.2 Å². The molecule has 0 aliphatic rings. The number of hydrogen-bond acceptors (Lipinski definition) is 6. The smallest absolute Gasteiger partial charge is 0.213 e. The SMILES string of the molecule is O=C(c1cc(O)cc(O)c1)c1cncc(-c2ccc(O)cc2)n1. The summed E-state index contributed by atoms with van der Waals surface area (Å²) in [7, 11) is 0. The van der Waals surface area contributed by atoms with Crippen LogP contribution in [-0.4, -0.2) is 31.1 Å². The number of aromatic nitrogens is 2. The van der Waals surface area contributed by atoms with Crippen LogP contribution < -0.4 is 0 Å². The molecule has 0 radical (unpaired) electrons. The van der Waals surface area contributed by atoms with E-state index in [-0.39, 0.29) is 28.5 Å². The molecule has 0 unspecified atom stereocenters. The summed E-state index contributed by atoms with van der Waals surface area (Å²) in [5, 5.41) is 28.3. The third-order valence-corrected chi connectivity index (χ3v) is 3.19. The molecule has 23 heavy (non-hydrogen) atoms. The van der Waals surface area contributed by atoms with Crippen LogP contribution in [-0.2, 0) is 0 Å². The van der Waals surface area contributed by atoms with Gasteiger partial charge in [0.1, 0.15) is 22.9 Å². The maximum atomic E-state index is 12.4. The summed E-state index contributed by atoms with van der Waals surface area (Å²) in [6.45, 7) is 0. The Labute approximate surface area is 131 Å².